The largest absolute Gasteiger partial charge is 0.507 e. The summed E-state index contributed by atoms with van der Waals surface area (Å²) >= 11 is 1.63. The molecule has 0 aliphatic heterocycles. The number of carbonyl (C=O) groups is 1. The maximum Gasteiger partial charge on any atom is 0.420 e. The van der Waals surface area contributed by atoms with Gasteiger partial charge in [0.25, 0.3) is 0 Å². The van der Waals surface area contributed by atoms with Gasteiger partial charge in [-0.05, 0) is 59.8 Å². The number of phenolic OH excluding ortho intramolecular Hbond substituents is 1. The van der Waals surface area contributed by atoms with Gasteiger partial charge in [-0.15, -0.1) is 0 Å². The lowest BCUT2D eigenvalue weighted by atomic mass is 10.0. The zero-order valence-electron chi connectivity index (χ0n) is 13.9. The fraction of sp³-hybridized carbons (Fsp3) is 0.235. The Labute approximate surface area is 168 Å². The van der Waals surface area contributed by atoms with Gasteiger partial charge in [-0.1, -0.05) is 0 Å². The zero-order chi connectivity index (χ0) is 21.3. The second-order valence-electron chi connectivity index (χ2n) is 5.33. The minimum absolute atomic E-state index is 0.153. The molecule has 0 unspecified atom stereocenters. The van der Waals surface area contributed by atoms with E-state index in [4.69, 9.17) is 4.74 Å². The van der Waals surface area contributed by atoms with Gasteiger partial charge in [0.05, 0.1) is 26.9 Å². The van der Waals surface area contributed by atoms with E-state index in [9.17, 15) is 36.2 Å². The molecule has 152 valence electrons. The smallest absolute Gasteiger partial charge is 0.420 e. The first-order valence-electron chi connectivity index (χ1n) is 7.50. The summed E-state index contributed by atoms with van der Waals surface area (Å²) in [6.07, 6.45) is -10.5. The molecule has 4 nitrogen and oxygen atoms in total. The molecule has 11 heteroatoms. The van der Waals surface area contributed by atoms with Gasteiger partial charge in [0.15, 0.2) is 5.75 Å². The highest BCUT2D eigenvalue weighted by atomic mass is 127. The molecule has 0 spiro atoms. The van der Waals surface area contributed by atoms with Gasteiger partial charge in [0.2, 0.25) is 0 Å². The molecule has 0 aliphatic carbocycles. The van der Waals surface area contributed by atoms with E-state index in [1.54, 1.807) is 22.6 Å². The van der Waals surface area contributed by atoms with E-state index in [1.165, 1.54) is 6.92 Å². The van der Waals surface area contributed by atoms with E-state index in [2.05, 4.69) is 4.74 Å². The van der Waals surface area contributed by atoms with Crippen molar-refractivity contribution in [1.29, 1.82) is 0 Å². The van der Waals surface area contributed by atoms with E-state index in [-0.39, 0.29) is 33.8 Å². The fourth-order valence-electron chi connectivity index (χ4n) is 2.16. The topological polar surface area (TPSA) is 55.8 Å². The Morgan fingerprint density at radius 2 is 1.57 bits per heavy atom. The van der Waals surface area contributed by atoms with Crippen LogP contribution in [-0.4, -0.2) is 17.7 Å². The van der Waals surface area contributed by atoms with Gasteiger partial charge >= 0.3 is 18.3 Å². The molecule has 1 N–H and O–H groups in total. The lowest BCUT2D eigenvalue weighted by Gasteiger charge is -2.20. The van der Waals surface area contributed by atoms with Crippen LogP contribution in [0.1, 0.15) is 28.4 Å². The molecule has 2 rings (SSSR count). The lowest BCUT2D eigenvalue weighted by molar-refractivity contribution is -0.145. The van der Waals surface area contributed by atoms with E-state index in [0.29, 0.717) is 0 Å². The van der Waals surface area contributed by atoms with Crippen molar-refractivity contribution in [3.63, 3.8) is 0 Å². The number of aromatic hydroxyl groups is 1. The molecule has 0 radical (unpaired) electrons. The third-order valence-electron chi connectivity index (χ3n) is 3.35. The van der Waals surface area contributed by atoms with Crippen LogP contribution in [0.15, 0.2) is 30.3 Å². The Morgan fingerprint density at radius 3 is 2.00 bits per heavy atom. The molecular formula is C17H11F6IO4. The van der Waals surface area contributed by atoms with E-state index >= 15 is 0 Å². The predicted molar refractivity (Wildman–Crippen MR) is 93.3 cm³/mol. The van der Waals surface area contributed by atoms with E-state index in [1.807, 2.05) is 0 Å². The van der Waals surface area contributed by atoms with Gasteiger partial charge in [-0.2, -0.15) is 26.3 Å². The number of benzene rings is 2. The number of esters is 1. The maximum absolute atomic E-state index is 13.5. The van der Waals surface area contributed by atoms with Crippen molar-refractivity contribution < 1.29 is 45.7 Å². The number of rotatable bonds is 4. The Kier molecular flexibility index (Phi) is 6.36. The van der Waals surface area contributed by atoms with Crippen LogP contribution in [0.2, 0.25) is 0 Å². The third kappa shape index (κ3) is 5.00. The first-order chi connectivity index (χ1) is 12.8. The average Bonchev–Trinajstić information content (AvgIpc) is 2.56. The number of alkyl halides is 6. The molecule has 0 amide bonds. The van der Waals surface area contributed by atoms with Crippen molar-refractivity contribution in [3.8, 4) is 17.2 Å². The fourth-order valence-corrected chi connectivity index (χ4v) is 2.65. The van der Waals surface area contributed by atoms with Crippen LogP contribution < -0.4 is 4.74 Å². The summed E-state index contributed by atoms with van der Waals surface area (Å²) in [7, 11) is 0. The van der Waals surface area contributed by atoms with Crippen LogP contribution in [0.3, 0.4) is 0 Å². The van der Waals surface area contributed by atoms with Crippen molar-refractivity contribution in [3.05, 3.63) is 50.6 Å². The van der Waals surface area contributed by atoms with Crippen LogP contribution in [-0.2, 0) is 17.1 Å². The number of carbonyl (C=O) groups excluding carboxylic acids is 1. The maximum atomic E-state index is 13.5. The monoisotopic (exact) mass is 520 g/mol. The highest BCUT2D eigenvalue weighted by Crippen LogP contribution is 2.47. The van der Waals surface area contributed by atoms with E-state index < -0.39 is 40.8 Å². The Bertz CT molecular complexity index is 857. The lowest BCUT2D eigenvalue weighted by Crippen LogP contribution is -2.17. The van der Waals surface area contributed by atoms with Crippen molar-refractivity contribution in [2.24, 2.45) is 0 Å². The van der Waals surface area contributed by atoms with Crippen LogP contribution in [0, 0.1) is 3.57 Å². The van der Waals surface area contributed by atoms with Gasteiger partial charge in [-0.3, -0.25) is 0 Å². The Morgan fingerprint density at radius 1 is 1.04 bits per heavy atom. The summed E-state index contributed by atoms with van der Waals surface area (Å²) in [6, 6.07) is 3.62. The summed E-state index contributed by atoms with van der Waals surface area (Å²) in [5.41, 5.74) is -4.48. The predicted octanol–water partition coefficient (Wildman–Crippen LogP) is 6.00. The standard InChI is InChI=1S/C17H11F6IO4/c1-2-27-15(26)8-5-10(16(18,19)20)14(11(6-8)17(21,22)23)28-9-3-4-13(25)12(24)7-9/h3-7,25H,2H2,1H3. The van der Waals surface area contributed by atoms with Crippen molar-refractivity contribution >= 4 is 28.6 Å². The molecule has 2 aromatic rings. The summed E-state index contributed by atoms with van der Waals surface area (Å²) < 4.78 is 90.3. The highest BCUT2D eigenvalue weighted by Gasteiger charge is 2.43. The number of hydrogen-bond donors (Lipinski definition) is 1. The van der Waals surface area contributed by atoms with E-state index in [0.717, 1.165) is 18.2 Å². The molecule has 0 saturated carbocycles. The second-order valence-corrected chi connectivity index (χ2v) is 6.49. The summed E-state index contributed by atoms with van der Waals surface area (Å²) in [5, 5.41) is 9.45. The second kappa shape index (κ2) is 8.05. The highest BCUT2D eigenvalue weighted by molar-refractivity contribution is 14.1. The van der Waals surface area contributed by atoms with Crippen LogP contribution in [0.5, 0.6) is 17.2 Å². The normalized spacial score (nSPS) is 12.0. The van der Waals surface area contributed by atoms with Crippen LogP contribution in [0.4, 0.5) is 26.3 Å². The molecule has 0 atom stereocenters. The van der Waals surface area contributed by atoms with Gasteiger partial charge < -0.3 is 14.6 Å². The molecule has 28 heavy (non-hydrogen) atoms. The molecule has 0 saturated heterocycles. The Hall–Kier alpha value is -2.18. The first kappa shape index (κ1) is 22.1. The third-order valence-corrected chi connectivity index (χ3v) is 4.21. The van der Waals surface area contributed by atoms with Crippen molar-refractivity contribution in [2.45, 2.75) is 19.3 Å². The molecule has 0 aromatic heterocycles. The van der Waals surface area contributed by atoms with Crippen molar-refractivity contribution in [1.82, 2.24) is 0 Å². The number of halogens is 7. The summed E-state index contributed by atoms with van der Waals surface area (Å²) in [5.74, 6) is -3.42. The zero-order valence-corrected chi connectivity index (χ0v) is 16.1. The van der Waals surface area contributed by atoms with Gasteiger partial charge in [0, 0.05) is 0 Å². The number of hydrogen-bond acceptors (Lipinski definition) is 4. The molecule has 0 fully saturated rings. The molecular weight excluding hydrogens is 509 g/mol. The summed E-state index contributed by atoms with van der Waals surface area (Å²) in [4.78, 5) is 11.7. The molecule has 0 aliphatic rings. The minimum Gasteiger partial charge on any atom is -0.507 e. The van der Waals surface area contributed by atoms with Crippen molar-refractivity contribution in [2.75, 3.05) is 6.61 Å². The molecule has 0 heterocycles. The molecule has 0 bridgehead atoms. The van der Waals surface area contributed by atoms with Gasteiger partial charge in [-0.25, -0.2) is 4.79 Å². The van der Waals surface area contributed by atoms with Gasteiger partial charge in [0.1, 0.15) is 11.5 Å². The number of phenols is 1. The SMILES string of the molecule is CCOC(=O)c1cc(C(F)(F)F)c(Oc2ccc(O)c(I)c2)c(C(F)(F)F)c1. The number of ether oxygens (including phenoxy) is 2. The van der Waals surface area contributed by atoms with Crippen LogP contribution >= 0.6 is 22.6 Å². The molecule has 2 aromatic carbocycles. The Balaban J connectivity index is 2.73. The average molecular weight is 520 g/mol. The van der Waals surface area contributed by atoms with Crippen LogP contribution in [0.25, 0.3) is 0 Å². The minimum atomic E-state index is -5.25. The quantitative estimate of drug-likeness (QED) is 0.305. The summed E-state index contributed by atoms with van der Waals surface area (Å²) in [6.45, 7) is 1.13. The first-order valence-corrected chi connectivity index (χ1v) is 8.58.